The van der Waals surface area contributed by atoms with E-state index in [1.807, 2.05) is 0 Å². The topological polar surface area (TPSA) is 67.4 Å². The molecule has 0 unspecified atom stereocenters. The number of hydrogen-bond acceptors (Lipinski definition) is 5. The Labute approximate surface area is 170 Å². The highest BCUT2D eigenvalue weighted by Crippen LogP contribution is 2.29. The van der Waals surface area contributed by atoms with Crippen LogP contribution in [0.4, 0.5) is 23.5 Å². The summed E-state index contributed by atoms with van der Waals surface area (Å²) in [6, 6.07) is 4.55. The molecule has 1 aliphatic heterocycles. The maximum Gasteiger partial charge on any atom is 0.416 e. The lowest BCUT2D eigenvalue weighted by Gasteiger charge is -2.20. The second-order valence-electron chi connectivity index (χ2n) is 6.78. The van der Waals surface area contributed by atoms with Crippen LogP contribution in [0.2, 0.25) is 0 Å². The van der Waals surface area contributed by atoms with Crippen LogP contribution in [0.15, 0.2) is 49.3 Å². The minimum atomic E-state index is -4.37. The van der Waals surface area contributed by atoms with E-state index in [0.717, 1.165) is 24.5 Å². The molecule has 1 aromatic heterocycles. The summed E-state index contributed by atoms with van der Waals surface area (Å²) >= 11 is 0. The lowest BCUT2D eigenvalue weighted by atomic mass is 10.1. The molecule has 6 nitrogen and oxygen atoms in total. The number of benzene rings is 1. The predicted octanol–water partition coefficient (Wildman–Crippen LogP) is 3.07. The number of nitrogens with one attached hydrogen (secondary N) is 1. The van der Waals surface area contributed by atoms with Gasteiger partial charge in [-0.25, -0.2) is 14.4 Å². The van der Waals surface area contributed by atoms with Crippen LogP contribution in [0, 0.1) is 5.82 Å². The third-order valence-electron chi connectivity index (χ3n) is 4.69. The molecule has 2 atom stereocenters. The molecule has 1 saturated heterocycles. The second kappa shape index (κ2) is 9.21. The van der Waals surface area contributed by atoms with E-state index in [-0.39, 0.29) is 24.5 Å². The van der Waals surface area contributed by atoms with Gasteiger partial charge in [-0.2, -0.15) is 13.2 Å². The number of aromatic nitrogens is 2. The first-order valence-electron chi connectivity index (χ1n) is 9.19. The van der Waals surface area contributed by atoms with Crippen LogP contribution in [0.5, 0.6) is 0 Å². The fourth-order valence-electron chi connectivity index (χ4n) is 3.13. The zero-order chi connectivity index (χ0) is 21.7. The van der Waals surface area contributed by atoms with E-state index in [1.54, 1.807) is 4.90 Å². The highest BCUT2D eigenvalue weighted by atomic mass is 19.4. The van der Waals surface area contributed by atoms with Gasteiger partial charge in [-0.3, -0.25) is 4.79 Å². The van der Waals surface area contributed by atoms with E-state index in [2.05, 4.69) is 21.9 Å². The molecule has 0 saturated carbocycles. The highest BCUT2D eigenvalue weighted by Gasteiger charge is 2.35. The van der Waals surface area contributed by atoms with Crippen molar-refractivity contribution in [2.45, 2.75) is 24.7 Å². The van der Waals surface area contributed by atoms with E-state index < -0.39 is 23.7 Å². The minimum Gasteiger partial charge on any atom is -0.374 e. The van der Waals surface area contributed by atoms with Gasteiger partial charge in [-0.05, 0) is 30.2 Å². The maximum absolute atomic E-state index is 13.0. The summed E-state index contributed by atoms with van der Waals surface area (Å²) in [7, 11) is 0. The number of amides is 1. The molecule has 30 heavy (non-hydrogen) atoms. The van der Waals surface area contributed by atoms with Crippen LogP contribution in [-0.4, -0.2) is 52.6 Å². The minimum absolute atomic E-state index is 0.200. The van der Waals surface area contributed by atoms with Gasteiger partial charge in [0.05, 0.1) is 36.7 Å². The largest absolute Gasteiger partial charge is 0.416 e. The monoisotopic (exact) mass is 424 g/mol. The quantitative estimate of drug-likeness (QED) is 0.547. The first-order chi connectivity index (χ1) is 14.3. The number of halogens is 4. The summed E-state index contributed by atoms with van der Waals surface area (Å²) in [5.74, 6) is -0.624. The Morgan fingerprint density at radius 3 is 2.50 bits per heavy atom. The van der Waals surface area contributed by atoms with Crippen LogP contribution < -0.4 is 5.32 Å². The third kappa shape index (κ3) is 5.53. The number of carbonyl (C=O) groups is 1. The fourth-order valence-corrected chi connectivity index (χ4v) is 3.13. The van der Waals surface area contributed by atoms with Crippen LogP contribution in [0.25, 0.3) is 0 Å². The van der Waals surface area contributed by atoms with Crippen molar-refractivity contribution in [1.29, 1.82) is 0 Å². The van der Waals surface area contributed by atoms with Crippen molar-refractivity contribution in [2.24, 2.45) is 0 Å². The Morgan fingerprint density at radius 1 is 1.23 bits per heavy atom. The number of ether oxygens (including phenoxy) is 1. The molecule has 1 aliphatic rings. The van der Waals surface area contributed by atoms with Gasteiger partial charge < -0.3 is 15.0 Å². The van der Waals surface area contributed by atoms with E-state index in [0.29, 0.717) is 25.1 Å². The Bertz CT molecular complexity index is 872. The molecule has 160 valence electrons. The van der Waals surface area contributed by atoms with Gasteiger partial charge >= 0.3 is 6.18 Å². The number of anilines is 1. The number of carbonyl (C=O) groups excluding carboxylic acids is 1. The van der Waals surface area contributed by atoms with Gasteiger partial charge in [0.25, 0.3) is 0 Å². The van der Waals surface area contributed by atoms with Gasteiger partial charge in [0, 0.05) is 13.1 Å². The SMILES string of the molecule is C=CC(=O)N1C[C@H](Nc2ncc(F)cn2)[C@@H](OCCc2ccc(C(F)(F)F)cc2)C1. The molecule has 0 spiro atoms. The molecule has 0 bridgehead atoms. The molecular weight excluding hydrogens is 404 g/mol. The van der Waals surface area contributed by atoms with Gasteiger partial charge in [0.15, 0.2) is 5.82 Å². The van der Waals surface area contributed by atoms with Crippen molar-refractivity contribution < 1.29 is 27.1 Å². The van der Waals surface area contributed by atoms with Gasteiger partial charge in [-0.1, -0.05) is 18.7 Å². The Hall–Kier alpha value is -3.01. The summed E-state index contributed by atoms with van der Waals surface area (Å²) in [6.07, 6.45) is -1.12. The second-order valence-corrected chi connectivity index (χ2v) is 6.78. The smallest absolute Gasteiger partial charge is 0.374 e. The van der Waals surface area contributed by atoms with Gasteiger partial charge in [-0.15, -0.1) is 0 Å². The standard InChI is InChI=1S/C20H20F4N4O2/c1-2-18(29)28-11-16(27-19-25-9-15(21)10-26-19)17(12-28)30-8-7-13-3-5-14(6-4-13)20(22,23)24/h2-6,9-10,16-17H,1,7-8,11-12H2,(H,25,26,27)/t16-,17-/m0/s1. The normalized spacial score (nSPS) is 19.0. The van der Waals surface area contributed by atoms with Crippen molar-refractivity contribution in [3.8, 4) is 0 Å². The first-order valence-corrected chi connectivity index (χ1v) is 9.19. The van der Waals surface area contributed by atoms with E-state index in [9.17, 15) is 22.4 Å². The maximum atomic E-state index is 13.0. The average Bonchev–Trinajstić information content (AvgIpc) is 3.11. The molecule has 2 heterocycles. The van der Waals surface area contributed by atoms with Crippen molar-refractivity contribution >= 4 is 11.9 Å². The molecule has 10 heteroatoms. The molecule has 1 N–H and O–H groups in total. The van der Waals surface area contributed by atoms with Crippen molar-refractivity contribution in [3.63, 3.8) is 0 Å². The van der Waals surface area contributed by atoms with Crippen LogP contribution >= 0.6 is 0 Å². The van der Waals surface area contributed by atoms with Crippen molar-refractivity contribution in [2.75, 3.05) is 25.0 Å². The molecule has 1 fully saturated rings. The molecule has 2 aromatic rings. The number of likely N-dealkylation sites (tertiary alicyclic amines) is 1. The Balaban J connectivity index is 1.60. The lowest BCUT2D eigenvalue weighted by molar-refractivity contribution is -0.137. The van der Waals surface area contributed by atoms with E-state index >= 15 is 0 Å². The Kier molecular flexibility index (Phi) is 6.66. The summed E-state index contributed by atoms with van der Waals surface area (Å²) in [5, 5.41) is 3.03. The number of rotatable bonds is 7. The summed E-state index contributed by atoms with van der Waals surface area (Å²) in [5.41, 5.74) is -0.00324. The zero-order valence-electron chi connectivity index (χ0n) is 15.9. The molecule has 1 amide bonds. The van der Waals surface area contributed by atoms with E-state index in [1.165, 1.54) is 18.2 Å². The van der Waals surface area contributed by atoms with Crippen molar-refractivity contribution in [3.05, 3.63) is 66.3 Å². The van der Waals surface area contributed by atoms with Gasteiger partial charge in [0.1, 0.15) is 0 Å². The van der Waals surface area contributed by atoms with E-state index in [4.69, 9.17) is 4.74 Å². The summed E-state index contributed by atoms with van der Waals surface area (Å²) in [4.78, 5) is 21.2. The fraction of sp³-hybridized carbons (Fsp3) is 0.350. The molecule has 0 radical (unpaired) electrons. The predicted molar refractivity (Wildman–Crippen MR) is 101 cm³/mol. The van der Waals surface area contributed by atoms with Crippen LogP contribution in [-0.2, 0) is 22.1 Å². The summed E-state index contributed by atoms with van der Waals surface area (Å²) < 4.78 is 56.8. The lowest BCUT2D eigenvalue weighted by Crippen LogP contribution is -2.35. The van der Waals surface area contributed by atoms with Gasteiger partial charge in [0.2, 0.25) is 11.9 Å². The first kappa shape index (κ1) is 21.7. The number of alkyl halides is 3. The molecule has 3 rings (SSSR count). The third-order valence-corrected chi connectivity index (χ3v) is 4.69. The average molecular weight is 424 g/mol. The van der Waals surface area contributed by atoms with Crippen LogP contribution in [0.3, 0.4) is 0 Å². The molecule has 0 aliphatic carbocycles. The van der Waals surface area contributed by atoms with Crippen LogP contribution in [0.1, 0.15) is 11.1 Å². The Morgan fingerprint density at radius 2 is 1.90 bits per heavy atom. The summed E-state index contributed by atoms with van der Waals surface area (Å²) in [6.45, 7) is 4.34. The highest BCUT2D eigenvalue weighted by molar-refractivity contribution is 5.87. The number of hydrogen-bond donors (Lipinski definition) is 1. The van der Waals surface area contributed by atoms with Crippen molar-refractivity contribution in [1.82, 2.24) is 14.9 Å². The number of nitrogens with zero attached hydrogens (tertiary/aromatic N) is 3. The zero-order valence-corrected chi connectivity index (χ0v) is 15.9. The molecule has 1 aromatic carbocycles. The molecular formula is C20H20F4N4O2.